The van der Waals surface area contributed by atoms with E-state index in [1.807, 2.05) is 0 Å². The Morgan fingerprint density at radius 3 is 2.52 bits per heavy atom. The van der Waals surface area contributed by atoms with E-state index in [4.69, 9.17) is 4.74 Å². The fraction of sp³-hybridized carbons (Fsp3) is 0.864. The molecule has 6 rings (SSSR count). The van der Waals surface area contributed by atoms with Gasteiger partial charge in [-0.15, -0.1) is 0 Å². The van der Waals surface area contributed by atoms with Gasteiger partial charge in [0.2, 0.25) is 0 Å². The standard InChI is InChI=1S/C22H30O3/c1-19-8-4-16-14(15(19)5-9-21(19)10-6-18(24)25-21)11-17(23)22-12-13(22)3-7-20(16,22)2/h6,10,13-17,23H,3-5,7-9,11-12H2,1-2H3/t13?,14-,15-,16-,17+,19-,20+,21+,22?/m0/s1. The molecule has 1 heterocycles. The second kappa shape index (κ2) is 4.18. The van der Waals surface area contributed by atoms with E-state index in [2.05, 4.69) is 19.9 Å². The Bertz CT molecular complexity index is 699. The Labute approximate surface area is 150 Å². The summed E-state index contributed by atoms with van der Waals surface area (Å²) in [4.78, 5) is 11.9. The molecule has 0 amide bonds. The van der Waals surface area contributed by atoms with Crippen LogP contribution in [0.1, 0.15) is 65.2 Å². The highest BCUT2D eigenvalue weighted by molar-refractivity contribution is 5.85. The van der Waals surface area contributed by atoms with Crippen molar-refractivity contribution in [3.05, 3.63) is 12.2 Å². The molecule has 2 spiro atoms. The predicted molar refractivity (Wildman–Crippen MR) is 93.5 cm³/mol. The molecule has 3 heteroatoms. The first-order chi connectivity index (χ1) is 11.9. The summed E-state index contributed by atoms with van der Waals surface area (Å²) in [5.41, 5.74) is 0.300. The van der Waals surface area contributed by atoms with Crippen LogP contribution in [0.2, 0.25) is 0 Å². The van der Waals surface area contributed by atoms with Crippen molar-refractivity contribution in [1.82, 2.24) is 0 Å². The normalized spacial score (nSPS) is 63.8. The van der Waals surface area contributed by atoms with E-state index < -0.39 is 0 Å². The number of esters is 1. The van der Waals surface area contributed by atoms with E-state index in [-0.39, 0.29) is 28.5 Å². The van der Waals surface area contributed by atoms with Crippen molar-refractivity contribution in [3.63, 3.8) is 0 Å². The van der Waals surface area contributed by atoms with E-state index in [1.165, 1.54) is 32.1 Å². The molecule has 5 saturated carbocycles. The third-order valence-electron chi connectivity index (χ3n) is 10.5. The molecule has 5 fully saturated rings. The Morgan fingerprint density at radius 2 is 1.80 bits per heavy atom. The average Bonchev–Trinajstić information content (AvgIpc) is 2.92. The van der Waals surface area contributed by atoms with E-state index in [0.717, 1.165) is 31.1 Å². The average molecular weight is 342 g/mol. The van der Waals surface area contributed by atoms with Gasteiger partial charge in [0.05, 0.1) is 6.10 Å². The van der Waals surface area contributed by atoms with Crippen LogP contribution in [0.5, 0.6) is 0 Å². The lowest BCUT2D eigenvalue weighted by Gasteiger charge is -2.60. The van der Waals surface area contributed by atoms with Crippen molar-refractivity contribution in [2.24, 2.45) is 39.9 Å². The SMILES string of the molecule is C[C@]12CC[C@H]3[C@@H](C[C@@H](O)C45CC4CC[C@]35C)[C@@H]1CC[C@@]21C=CC(=O)O1. The highest BCUT2D eigenvalue weighted by Crippen LogP contribution is 2.82. The maximum Gasteiger partial charge on any atom is 0.331 e. The van der Waals surface area contributed by atoms with Gasteiger partial charge in [-0.3, -0.25) is 0 Å². The number of rotatable bonds is 0. The van der Waals surface area contributed by atoms with Crippen LogP contribution in [0.15, 0.2) is 12.2 Å². The molecule has 5 aliphatic carbocycles. The Balaban J connectivity index is 1.40. The van der Waals surface area contributed by atoms with Gasteiger partial charge in [-0.2, -0.15) is 0 Å². The summed E-state index contributed by atoms with van der Waals surface area (Å²) in [6.45, 7) is 4.89. The lowest BCUT2D eigenvalue weighted by atomic mass is 9.45. The highest BCUT2D eigenvalue weighted by atomic mass is 16.6. The quantitative estimate of drug-likeness (QED) is 0.680. The van der Waals surface area contributed by atoms with Gasteiger partial charge in [0, 0.05) is 16.9 Å². The fourth-order valence-electron chi connectivity index (χ4n) is 9.23. The second-order valence-electron chi connectivity index (χ2n) is 10.7. The van der Waals surface area contributed by atoms with Gasteiger partial charge in [0.1, 0.15) is 5.60 Å². The van der Waals surface area contributed by atoms with Gasteiger partial charge in [0.25, 0.3) is 0 Å². The molecule has 0 saturated heterocycles. The van der Waals surface area contributed by atoms with Crippen LogP contribution < -0.4 is 0 Å². The van der Waals surface area contributed by atoms with Crippen LogP contribution in [-0.2, 0) is 9.53 Å². The molecule has 1 aliphatic heterocycles. The van der Waals surface area contributed by atoms with Crippen molar-refractivity contribution in [3.8, 4) is 0 Å². The van der Waals surface area contributed by atoms with E-state index >= 15 is 0 Å². The summed E-state index contributed by atoms with van der Waals surface area (Å²) in [6, 6.07) is 0. The van der Waals surface area contributed by atoms with Crippen molar-refractivity contribution in [1.29, 1.82) is 0 Å². The van der Waals surface area contributed by atoms with E-state index in [0.29, 0.717) is 17.3 Å². The first-order valence-electron chi connectivity index (χ1n) is 10.5. The fourth-order valence-corrected chi connectivity index (χ4v) is 9.23. The maximum atomic E-state index is 11.9. The van der Waals surface area contributed by atoms with Crippen LogP contribution in [0.3, 0.4) is 0 Å². The number of hydrogen-bond donors (Lipinski definition) is 1. The zero-order chi connectivity index (χ0) is 17.2. The number of fused-ring (bicyclic) bond motifs is 5. The number of carbonyl (C=O) groups excluding carboxylic acids is 1. The Morgan fingerprint density at radius 1 is 1.08 bits per heavy atom. The molecule has 0 aromatic heterocycles. The lowest BCUT2D eigenvalue weighted by molar-refractivity contribution is -0.179. The first kappa shape index (κ1) is 15.2. The summed E-state index contributed by atoms with van der Waals surface area (Å²) in [5, 5.41) is 11.2. The summed E-state index contributed by atoms with van der Waals surface area (Å²) in [6.07, 6.45) is 13.1. The third kappa shape index (κ3) is 1.43. The zero-order valence-corrected chi connectivity index (χ0v) is 15.5. The smallest absolute Gasteiger partial charge is 0.331 e. The van der Waals surface area contributed by atoms with Gasteiger partial charge >= 0.3 is 5.97 Å². The first-order valence-corrected chi connectivity index (χ1v) is 10.5. The number of ether oxygens (including phenoxy) is 1. The molecule has 0 aromatic carbocycles. The monoisotopic (exact) mass is 342 g/mol. The predicted octanol–water partition coefficient (Wildman–Crippen LogP) is 3.85. The number of aliphatic hydroxyl groups excluding tert-OH is 1. The summed E-state index contributed by atoms with van der Waals surface area (Å²) < 4.78 is 5.92. The van der Waals surface area contributed by atoms with Crippen molar-refractivity contribution in [2.75, 3.05) is 0 Å². The molecular formula is C22H30O3. The number of aliphatic hydroxyl groups is 1. The molecule has 2 unspecified atom stereocenters. The van der Waals surface area contributed by atoms with Crippen LogP contribution in [0.4, 0.5) is 0 Å². The van der Waals surface area contributed by atoms with E-state index in [1.54, 1.807) is 6.08 Å². The molecule has 1 N–H and O–H groups in total. The van der Waals surface area contributed by atoms with Gasteiger partial charge in [-0.1, -0.05) is 13.8 Å². The van der Waals surface area contributed by atoms with Crippen molar-refractivity contribution >= 4 is 5.97 Å². The molecule has 9 atom stereocenters. The largest absolute Gasteiger partial charge is 0.451 e. The molecule has 0 radical (unpaired) electrons. The second-order valence-corrected chi connectivity index (χ2v) is 10.7. The van der Waals surface area contributed by atoms with Crippen LogP contribution in [0, 0.1) is 39.9 Å². The topological polar surface area (TPSA) is 46.5 Å². The third-order valence-corrected chi connectivity index (χ3v) is 10.5. The van der Waals surface area contributed by atoms with Crippen LogP contribution >= 0.6 is 0 Å². The summed E-state index contributed by atoms with van der Waals surface area (Å²) >= 11 is 0. The molecule has 136 valence electrons. The number of hydrogen-bond acceptors (Lipinski definition) is 3. The molecule has 6 aliphatic rings. The summed E-state index contributed by atoms with van der Waals surface area (Å²) in [7, 11) is 0. The lowest BCUT2D eigenvalue weighted by Crippen LogP contribution is -2.58. The van der Waals surface area contributed by atoms with Crippen LogP contribution in [0.25, 0.3) is 0 Å². The van der Waals surface area contributed by atoms with Gasteiger partial charge in [-0.05, 0) is 86.5 Å². The van der Waals surface area contributed by atoms with E-state index in [9.17, 15) is 9.90 Å². The number of carbonyl (C=O) groups is 1. The Hall–Kier alpha value is -0.830. The molecule has 3 nitrogen and oxygen atoms in total. The minimum atomic E-state index is -0.363. The zero-order valence-electron chi connectivity index (χ0n) is 15.5. The van der Waals surface area contributed by atoms with Gasteiger partial charge in [-0.25, -0.2) is 4.79 Å². The molecule has 0 aromatic rings. The van der Waals surface area contributed by atoms with Crippen LogP contribution in [-0.4, -0.2) is 22.8 Å². The maximum absolute atomic E-state index is 11.9. The van der Waals surface area contributed by atoms with Gasteiger partial charge in [0.15, 0.2) is 0 Å². The minimum absolute atomic E-state index is 0.0545. The van der Waals surface area contributed by atoms with Crippen molar-refractivity contribution < 1.29 is 14.6 Å². The summed E-state index contributed by atoms with van der Waals surface area (Å²) in [5.74, 6) is 2.60. The van der Waals surface area contributed by atoms with Crippen molar-refractivity contribution in [2.45, 2.75) is 76.9 Å². The Kier molecular flexibility index (Phi) is 2.55. The molecular weight excluding hydrogens is 312 g/mol. The molecule has 0 bridgehead atoms. The highest BCUT2D eigenvalue weighted by Gasteiger charge is 2.78. The minimum Gasteiger partial charge on any atom is -0.451 e. The molecule has 25 heavy (non-hydrogen) atoms. The van der Waals surface area contributed by atoms with Gasteiger partial charge < -0.3 is 9.84 Å².